The summed E-state index contributed by atoms with van der Waals surface area (Å²) in [6.07, 6.45) is 3.75. The predicted octanol–water partition coefficient (Wildman–Crippen LogP) is -0.00590. The largest absolute Gasteiger partial charge is 0.383 e. The number of unbranched alkanes of at least 4 members (excludes halogenated alkanes) is 1. The van der Waals surface area contributed by atoms with Gasteiger partial charge >= 0.3 is 5.69 Å². The molecule has 146 valence electrons. The summed E-state index contributed by atoms with van der Waals surface area (Å²) in [5.41, 5.74) is 4.97. The fraction of sp³-hybridized carbons (Fsp3) is 0.706. The lowest BCUT2D eigenvalue weighted by Gasteiger charge is -2.26. The Balaban J connectivity index is 2.37. The molecule has 0 unspecified atom stereocenters. The van der Waals surface area contributed by atoms with Crippen molar-refractivity contribution in [3.63, 3.8) is 0 Å². The van der Waals surface area contributed by atoms with Gasteiger partial charge in [0.25, 0.3) is 5.56 Å². The molecule has 2 heterocycles. The molecule has 3 N–H and O–H groups in total. The van der Waals surface area contributed by atoms with Crippen molar-refractivity contribution in [2.75, 3.05) is 50.5 Å². The van der Waals surface area contributed by atoms with Gasteiger partial charge in [-0.1, -0.05) is 13.3 Å². The Morgan fingerprint density at radius 1 is 1.31 bits per heavy atom. The van der Waals surface area contributed by atoms with Crippen LogP contribution in [-0.4, -0.2) is 60.3 Å². The van der Waals surface area contributed by atoms with Crippen LogP contribution in [0.15, 0.2) is 9.59 Å². The van der Waals surface area contributed by atoms with E-state index in [4.69, 9.17) is 10.5 Å². The number of rotatable bonds is 9. The summed E-state index contributed by atoms with van der Waals surface area (Å²) in [4.78, 5) is 43.1. The molecule has 1 amide bonds. The molecule has 1 fully saturated rings. The average molecular weight is 367 g/mol. The molecule has 0 aromatic carbocycles. The van der Waals surface area contributed by atoms with Crippen molar-refractivity contribution >= 4 is 17.4 Å². The highest BCUT2D eigenvalue weighted by molar-refractivity contribution is 5.96. The van der Waals surface area contributed by atoms with Gasteiger partial charge in [-0.25, -0.2) is 4.79 Å². The van der Waals surface area contributed by atoms with Crippen LogP contribution < -0.4 is 21.9 Å². The van der Waals surface area contributed by atoms with Crippen molar-refractivity contribution in [3.8, 4) is 0 Å². The van der Waals surface area contributed by atoms with Crippen LogP contribution >= 0.6 is 0 Å². The van der Waals surface area contributed by atoms with Crippen LogP contribution in [0.3, 0.4) is 0 Å². The SMILES string of the molecule is CCCCn1c(N)c(N(CCOC)C(=O)CN2CCCC2)c(=O)[nH]c1=O. The number of H-pyrrole nitrogens is 1. The maximum Gasteiger partial charge on any atom is 0.330 e. The van der Waals surface area contributed by atoms with E-state index in [9.17, 15) is 14.4 Å². The predicted molar refractivity (Wildman–Crippen MR) is 101 cm³/mol. The first kappa shape index (κ1) is 20.2. The van der Waals surface area contributed by atoms with Gasteiger partial charge in [0.1, 0.15) is 5.82 Å². The Morgan fingerprint density at radius 3 is 2.62 bits per heavy atom. The van der Waals surface area contributed by atoms with E-state index >= 15 is 0 Å². The monoisotopic (exact) mass is 367 g/mol. The third kappa shape index (κ3) is 4.73. The van der Waals surface area contributed by atoms with E-state index < -0.39 is 11.2 Å². The lowest BCUT2D eigenvalue weighted by Crippen LogP contribution is -2.46. The summed E-state index contributed by atoms with van der Waals surface area (Å²) < 4.78 is 6.41. The van der Waals surface area contributed by atoms with Crippen LogP contribution in [0.1, 0.15) is 32.6 Å². The highest BCUT2D eigenvalue weighted by atomic mass is 16.5. The quantitative estimate of drug-likeness (QED) is 0.635. The van der Waals surface area contributed by atoms with Gasteiger partial charge in [0.05, 0.1) is 13.2 Å². The van der Waals surface area contributed by atoms with Gasteiger partial charge < -0.3 is 15.4 Å². The zero-order valence-electron chi connectivity index (χ0n) is 15.6. The molecule has 1 aromatic heterocycles. The number of amides is 1. The number of carbonyl (C=O) groups excluding carboxylic acids is 1. The number of anilines is 2. The highest BCUT2D eigenvalue weighted by Gasteiger charge is 2.26. The Hall–Kier alpha value is -2.13. The number of hydrogen-bond donors (Lipinski definition) is 2. The topological polar surface area (TPSA) is 114 Å². The highest BCUT2D eigenvalue weighted by Crippen LogP contribution is 2.18. The normalized spacial score (nSPS) is 14.7. The summed E-state index contributed by atoms with van der Waals surface area (Å²) in [5, 5.41) is 0. The molecule has 1 aromatic rings. The second kappa shape index (κ2) is 9.54. The zero-order chi connectivity index (χ0) is 19.1. The number of hydrogen-bond acceptors (Lipinski definition) is 6. The van der Waals surface area contributed by atoms with Crippen molar-refractivity contribution in [2.24, 2.45) is 0 Å². The third-order valence-corrected chi connectivity index (χ3v) is 4.60. The van der Waals surface area contributed by atoms with E-state index in [0.29, 0.717) is 6.54 Å². The number of methoxy groups -OCH3 is 1. The van der Waals surface area contributed by atoms with Gasteiger partial charge in [0.15, 0.2) is 5.69 Å². The van der Waals surface area contributed by atoms with Gasteiger partial charge in [0, 0.05) is 20.2 Å². The lowest BCUT2D eigenvalue weighted by molar-refractivity contribution is -0.119. The maximum absolute atomic E-state index is 12.9. The minimum atomic E-state index is -0.647. The van der Waals surface area contributed by atoms with Crippen LogP contribution in [-0.2, 0) is 16.1 Å². The Morgan fingerprint density at radius 2 is 2.00 bits per heavy atom. The Bertz CT molecular complexity index is 721. The number of likely N-dealkylation sites (tertiary alicyclic amines) is 1. The summed E-state index contributed by atoms with van der Waals surface area (Å²) in [6, 6.07) is 0. The number of nitrogens with two attached hydrogens (primary N) is 1. The number of aromatic amines is 1. The third-order valence-electron chi connectivity index (χ3n) is 4.60. The van der Waals surface area contributed by atoms with Gasteiger partial charge in [-0.3, -0.25) is 24.0 Å². The van der Waals surface area contributed by atoms with Crippen molar-refractivity contribution in [2.45, 2.75) is 39.2 Å². The van der Waals surface area contributed by atoms with Crippen molar-refractivity contribution in [1.29, 1.82) is 0 Å². The van der Waals surface area contributed by atoms with Crippen molar-refractivity contribution in [3.05, 3.63) is 20.8 Å². The fourth-order valence-electron chi connectivity index (χ4n) is 3.14. The lowest BCUT2D eigenvalue weighted by atomic mass is 10.3. The number of nitrogen functional groups attached to an aromatic ring is 1. The van der Waals surface area contributed by atoms with E-state index in [1.54, 1.807) is 0 Å². The number of nitrogens with one attached hydrogen (secondary N) is 1. The fourth-order valence-corrected chi connectivity index (χ4v) is 3.14. The van der Waals surface area contributed by atoms with Crippen LogP contribution in [0.5, 0.6) is 0 Å². The van der Waals surface area contributed by atoms with Crippen LogP contribution in [0, 0.1) is 0 Å². The molecule has 2 rings (SSSR count). The number of nitrogens with zero attached hydrogens (tertiary/aromatic N) is 3. The summed E-state index contributed by atoms with van der Waals surface area (Å²) >= 11 is 0. The van der Waals surface area contributed by atoms with E-state index in [1.807, 2.05) is 6.92 Å². The van der Waals surface area contributed by atoms with E-state index in [1.165, 1.54) is 16.6 Å². The molecule has 26 heavy (non-hydrogen) atoms. The maximum atomic E-state index is 12.9. The first-order chi connectivity index (χ1) is 12.5. The van der Waals surface area contributed by atoms with Gasteiger partial charge in [0.2, 0.25) is 5.91 Å². The zero-order valence-corrected chi connectivity index (χ0v) is 15.6. The molecular weight excluding hydrogens is 338 g/mol. The minimum Gasteiger partial charge on any atom is -0.383 e. The molecule has 9 heteroatoms. The molecular formula is C17H29N5O4. The summed E-state index contributed by atoms with van der Waals surface area (Å²) in [7, 11) is 1.53. The van der Waals surface area contributed by atoms with Gasteiger partial charge in [-0.05, 0) is 32.4 Å². The smallest absolute Gasteiger partial charge is 0.330 e. The second-order valence-electron chi connectivity index (χ2n) is 6.52. The molecule has 9 nitrogen and oxygen atoms in total. The number of ether oxygens (including phenoxy) is 1. The molecule has 1 aliphatic heterocycles. The van der Waals surface area contributed by atoms with Crippen molar-refractivity contribution < 1.29 is 9.53 Å². The first-order valence-corrected chi connectivity index (χ1v) is 9.13. The van der Waals surface area contributed by atoms with E-state index in [2.05, 4.69) is 9.88 Å². The van der Waals surface area contributed by atoms with Crippen molar-refractivity contribution in [1.82, 2.24) is 14.5 Å². The standard InChI is InChI=1S/C17H29N5O4/c1-3-4-9-22-15(18)14(16(24)19-17(22)25)21(10-11-26-2)13(23)12-20-7-5-6-8-20/h3-12,18H2,1-2H3,(H,19,24,25). The van der Waals surface area contributed by atoms with Gasteiger partial charge in [-0.15, -0.1) is 0 Å². The first-order valence-electron chi connectivity index (χ1n) is 9.13. The molecule has 0 radical (unpaired) electrons. The molecule has 0 atom stereocenters. The summed E-state index contributed by atoms with van der Waals surface area (Å²) in [5.74, 6) is -0.195. The number of carbonyl (C=O) groups is 1. The van der Waals surface area contributed by atoms with E-state index in [-0.39, 0.29) is 37.1 Å². The molecule has 0 spiro atoms. The average Bonchev–Trinajstić information content (AvgIpc) is 3.10. The number of aromatic nitrogens is 2. The second-order valence-corrected chi connectivity index (χ2v) is 6.52. The molecule has 0 aliphatic carbocycles. The van der Waals surface area contributed by atoms with Gasteiger partial charge in [-0.2, -0.15) is 0 Å². The minimum absolute atomic E-state index is 0.0260. The Kier molecular flexibility index (Phi) is 7.40. The molecule has 0 saturated carbocycles. The van der Waals surface area contributed by atoms with Crippen LogP contribution in [0.4, 0.5) is 11.5 Å². The van der Waals surface area contributed by atoms with Crippen LogP contribution in [0.2, 0.25) is 0 Å². The summed E-state index contributed by atoms with van der Waals surface area (Å²) in [6.45, 7) is 4.80. The Labute approximate surface area is 152 Å². The van der Waals surface area contributed by atoms with E-state index in [0.717, 1.165) is 38.8 Å². The molecule has 1 saturated heterocycles. The molecule has 1 aliphatic rings. The van der Waals surface area contributed by atoms with Crippen LogP contribution in [0.25, 0.3) is 0 Å². The molecule has 0 bridgehead atoms.